The SMILES string of the molecule is COc1c(C)cc2c(c1O)[C@@H]1C3CC4=C(C(=O)C(=O)C(C)=C4O)C(CN4C(=O)c5ccccc5C4=O)N3C(O)[C@H](C2)N1C. The van der Waals surface area contributed by atoms with Crippen molar-refractivity contribution < 1.29 is 39.2 Å². The van der Waals surface area contributed by atoms with Gasteiger partial charge in [-0.2, -0.15) is 0 Å². The molecule has 2 aromatic carbocycles. The smallest absolute Gasteiger partial charge is 0.261 e. The lowest BCUT2D eigenvalue weighted by atomic mass is 9.71. The van der Waals surface area contributed by atoms with Gasteiger partial charge >= 0.3 is 0 Å². The van der Waals surface area contributed by atoms with Gasteiger partial charge < -0.3 is 20.1 Å². The van der Waals surface area contributed by atoms with Crippen LogP contribution in [0.3, 0.4) is 0 Å². The summed E-state index contributed by atoms with van der Waals surface area (Å²) in [6.45, 7) is 2.91. The summed E-state index contributed by atoms with van der Waals surface area (Å²) in [6, 6.07) is 5.66. The Kier molecular flexibility index (Phi) is 5.97. The lowest BCUT2D eigenvalue weighted by Crippen LogP contribution is -2.71. The number of carbonyl (C=O) groups excluding carboxylic acids is 4. The average Bonchev–Trinajstić information content (AvgIpc) is 3.22. The van der Waals surface area contributed by atoms with Gasteiger partial charge in [-0.15, -0.1) is 0 Å². The Balaban J connectivity index is 1.42. The number of piperazine rings is 1. The van der Waals surface area contributed by atoms with Gasteiger partial charge in [-0.3, -0.25) is 33.9 Å². The second-order valence-electron chi connectivity index (χ2n) is 12.0. The number of rotatable bonds is 3. The van der Waals surface area contributed by atoms with Crippen LogP contribution in [0.2, 0.25) is 0 Å². The minimum atomic E-state index is -1.17. The molecule has 11 heteroatoms. The van der Waals surface area contributed by atoms with Gasteiger partial charge in [0.2, 0.25) is 11.6 Å². The molecule has 0 aromatic heterocycles. The molecule has 2 aromatic rings. The van der Waals surface area contributed by atoms with E-state index in [1.54, 1.807) is 29.2 Å². The predicted octanol–water partition coefficient (Wildman–Crippen LogP) is 1.96. The second-order valence-corrected chi connectivity index (χ2v) is 12.0. The maximum absolute atomic E-state index is 13.6. The quantitative estimate of drug-likeness (QED) is 0.277. The number of fused-ring (bicyclic) bond motifs is 7. The second kappa shape index (κ2) is 9.34. The summed E-state index contributed by atoms with van der Waals surface area (Å²) in [4.78, 5) is 58.2. The van der Waals surface area contributed by atoms with Crippen molar-refractivity contribution in [2.45, 2.75) is 57.1 Å². The third-order valence-electron chi connectivity index (χ3n) is 9.95. The van der Waals surface area contributed by atoms with Crippen molar-refractivity contribution in [2.24, 2.45) is 0 Å². The Labute approximate surface area is 247 Å². The number of carbonyl (C=O) groups is 4. The first kappa shape index (κ1) is 27.5. The number of ether oxygens (including phenoxy) is 1. The molecule has 4 aliphatic heterocycles. The van der Waals surface area contributed by atoms with E-state index >= 15 is 0 Å². The molecule has 1 aliphatic carbocycles. The summed E-state index contributed by atoms with van der Waals surface area (Å²) in [5, 5.41) is 34.7. The van der Waals surface area contributed by atoms with Crippen LogP contribution < -0.4 is 4.74 Å². The number of phenols is 1. The summed E-state index contributed by atoms with van der Waals surface area (Å²) in [7, 11) is 3.33. The van der Waals surface area contributed by atoms with Crippen LogP contribution in [0.15, 0.2) is 52.8 Å². The van der Waals surface area contributed by atoms with E-state index in [0.29, 0.717) is 17.7 Å². The number of nitrogens with zero attached hydrogens (tertiary/aromatic N) is 3. The van der Waals surface area contributed by atoms with E-state index in [4.69, 9.17) is 4.74 Å². The summed E-state index contributed by atoms with van der Waals surface area (Å²) >= 11 is 0. The first-order valence-corrected chi connectivity index (χ1v) is 14.2. The average molecular weight is 586 g/mol. The van der Waals surface area contributed by atoms with E-state index in [9.17, 15) is 34.5 Å². The number of ketones is 2. The van der Waals surface area contributed by atoms with Gasteiger partial charge in [-0.1, -0.05) is 18.2 Å². The van der Waals surface area contributed by atoms with E-state index < -0.39 is 53.8 Å². The predicted molar refractivity (Wildman–Crippen MR) is 152 cm³/mol. The van der Waals surface area contributed by atoms with Crippen LogP contribution in [0.1, 0.15) is 56.8 Å². The number of phenolic OH excluding ortho intramolecular Hbond substituents is 1. The molecule has 1 fully saturated rings. The Hall–Kier alpha value is -4.32. The number of amides is 2. The van der Waals surface area contributed by atoms with E-state index in [2.05, 4.69) is 0 Å². The van der Waals surface area contributed by atoms with Crippen molar-refractivity contribution in [3.8, 4) is 11.5 Å². The Morgan fingerprint density at radius 2 is 1.60 bits per heavy atom. The molecule has 0 spiro atoms. The fraction of sp³-hybridized carbons (Fsp3) is 0.375. The molecule has 222 valence electrons. The van der Waals surface area contributed by atoms with Crippen molar-refractivity contribution in [3.63, 3.8) is 0 Å². The first-order chi connectivity index (χ1) is 20.5. The molecule has 1 saturated heterocycles. The fourth-order valence-electron chi connectivity index (χ4n) is 7.94. The topological polar surface area (TPSA) is 148 Å². The number of hydrogen-bond acceptors (Lipinski definition) is 10. The first-order valence-electron chi connectivity index (χ1n) is 14.2. The minimum absolute atomic E-state index is 0.0199. The number of aliphatic hydroxyl groups excluding tert-OH is 2. The fourth-order valence-corrected chi connectivity index (χ4v) is 7.94. The molecule has 2 amide bonds. The van der Waals surface area contributed by atoms with Gasteiger partial charge in [0.15, 0.2) is 11.5 Å². The third-order valence-corrected chi connectivity index (χ3v) is 9.95. The summed E-state index contributed by atoms with van der Waals surface area (Å²) < 4.78 is 5.53. The van der Waals surface area contributed by atoms with Crippen LogP contribution in [0.25, 0.3) is 0 Å². The van der Waals surface area contributed by atoms with Crippen LogP contribution in [0, 0.1) is 6.92 Å². The summed E-state index contributed by atoms with van der Waals surface area (Å²) in [5.74, 6) is -2.78. The van der Waals surface area contributed by atoms with Crippen LogP contribution in [0.5, 0.6) is 11.5 Å². The van der Waals surface area contributed by atoms with Gasteiger partial charge in [0.1, 0.15) is 12.0 Å². The van der Waals surface area contributed by atoms with Crippen LogP contribution in [-0.4, -0.2) is 98.5 Å². The standard InChI is InChI=1S/C32H31N3O8/c1-13-9-15-10-20-32(42)35-19(24(33(20)3)22(15)28(39)29(13)43-4)11-18-23(27(38)26(37)14(2)25(18)36)21(35)12-34-30(40)16-7-5-6-8-17(16)31(34)41/h5-9,19-21,24,32,36,39,42H,10-12H2,1-4H3/t19?,20-,21?,24-,32?/m0/s1. The zero-order valence-corrected chi connectivity index (χ0v) is 24.1. The number of hydrogen-bond donors (Lipinski definition) is 3. The van der Waals surface area contributed by atoms with E-state index in [-0.39, 0.29) is 52.3 Å². The minimum Gasteiger partial charge on any atom is -0.507 e. The van der Waals surface area contributed by atoms with Gasteiger partial charge in [0, 0.05) is 34.9 Å². The molecule has 2 bridgehead atoms. The molecule has 5 atom stereocenters. The lowest BCUT2D eigenvalue weighted by Gasteiger charge is -2.60. The number of aryl methyl sites for hydroxylation is 1. The number of allylic oxidation sites excluding steroid dienone is 2. The largest absolute Gasteiger partial charge is 0.507 e. The highest BCUT2D eigenvalue weighted by molar-refractivity contribution is 6.50. The number of methoxy groups -OCH3 is 1. The molecule has 4 heterocycles. The van der Waals surface area contributed by atoms with Crippen molar-refractivity contribution in [2.75, 3.05) is 20.7 Å². The maximum Gasteiger partial charge on any atom is 0.261 e. The Bertz CT molecular complexity index is 1710. The Morgan fingerprint density at radius 1 is 0.953 bits per heavy atom. The van der Waals surface area contributed by atoms with Crippen molar-refractivity contribution in [1.29, 1.82) is 0 Å². The highest BCUT2D eigenvalue weighted by Gasteiger charge is 2.58. The molecule has 5 aliphatic rings. The molecule has 0 radical (unpaired) electrons. The molecule has 43 heavy (non-hydrogen) atoms. The summed E-state index contributed by atoms with van der Waals surface area (Å²) in [6.07, 6.45) is -0.729. The van der Waals surface area contributed by atoms with Gasteiger partial charge in [0.05, 0.1) is 36.4 Å². The zero-order valence-electron chi connectivity index (χ0n) is 24.1. The lowest BCUT2D eigenvalue weighted by molar-refractivity contribution is -0.167. The number of likely N-dealkylation sites (N-methyl/N-ethyl adjacent to an activating group) is 1. The molecule has 11 nitrogen and oxygen atoms in total. The van der Waals surface area contributed by atoms with E-state index in [1.807, 2.05) is 24.9 Å². The Morgan fingerprint density at radius 3 is 2.23 bits per heavy atom. The molecule has 3 N–H and O–H groups in total. The molecular formula is C32H31N3O8. The van der Waals surface area contributed by atoms with Crippen LogP contribution in [0.4, 0.5) is 0 Å². The number of aromatic hydroxyl groups is 1. The van der Waals surface area contributed by atoms with Gasteiger partial charge in [0.25, 0.3) is 11.8 Å². The zero-order chi connectivity index (χ0) is 30.6. The normalized spacial score (nSPS) is 28.7. The van der Waals surface area contributed by atoms with Crippen molar-refractivity contribution in [3.05, 3.63) is 80.6 Å². The summed E-state index contributed by atoms with van der Waals surface area (Å²) in [5.41, 5.74) is 2.82. The van der Waals surface area contributed by atoms with E-state index in [0.717, 1.165) is 16.0 Å². The number of Topliss-reactive ketones (excluding diaryl/α,β-unsaturated/α-hetero) is 2. The highest BCUT2D eigenvalue weighted by Crippen LogP contribution is 2.53. The molecule has 3 unspecified atom stereocenters. The number of aliphatic hydroxyl groups is 2. The van der Waals surface area contributed by atoms with E-state index in [1.165, 1.54) is 14.0 Å². The molecular weight excluding hydrogens is 554 g/mol. The van der Waals surface area contributed by atoms with Crippen LogP contribution in [-0.2, 0) is 16.0 Å². The third kappa shape index (κ3) is 3.52. The molecule has 7 rings (SSSR count). The highest BCUT2D eigenvalue weighted by atomic mass is 16.5. The number of imide groups is 1. The maximum atomic E-state index is 13.6. The monoisotopic (exact) mass is 585 g/mol. The van der Waals surface area contributed by atoms with Gasteiger partial charge in [-0.25, -0.2) is 0 Å². The number of benzene rings is 2. The van der Waals surface area contributed by atoms with Gasteiger partial charge in [-0.05, 0) is 57.0 Å². The van der Waals surface area contributed by atoms with Crippen LogP contribution >= 0.6 is 0 Å². The molecule has 0 saturated carbocycles. The van der Waals surface area contributed by atoms with Crippen molar-refractivity contribution >= 4 is 23.4 Å². The van der Waals surface area contributed by atoms with Crippen molar-refractivity contribution in [1.82, 2.24) is 14.7 Å².